The van der Waals surface area contributed by atoms with Gasteiger partial charge in [-0.3, -0.25) is 0 Å². The average molecular weight is 175 g/mol. The second-order valence-corrected chi connectivity index (χ2v) is 2.27. The van der Waals surface area contributed by atoms with Gasteiger partial charge in [0.25, 0.3) is 0 Å². The minimum Gasteiger partial charge on any atom is -0.461 e. The molecule has 0 atom stereocenters. The molecular formula is C10H9NO2. The molecule has 66 valence electrons. The van der Waals surface area contributed by atoms with Gasteiger partial charge in [-0.2, -0.15) is 0 Å². The first-order valence-electron chi connectivity index (χ1n) is 3.88. The van der Waals surface area contributed by atoms with Crippen LogP contribution in [0.15, 0.2) is 18.2 Å². The van der Waals surface area contributed by atoms with Crippen LogP contribution in [0.4, 0.5) is 0 Å². The topological polar surface area (TPSA) is 39.2 Å². The molecule has 0 spiro atoms. The number of ether oxygens (including phenoxy) is 1. The molecule has 13 heavy (non-hydrogen) atoms. The molecule has 0 aromatic carbocycles. The van der Waals surface area contributed by atoms with E-state index in [1.165, 1.54) is 0 Å². The maximum Gasteiger partial charge on any atom is 0.356 e. The molecule has 0 unspecified atom stereocenters. The summed E-state index contributed by atoms with van der Waals surface area (Å²) >= 11 is 0. The van der Waals surface area contributed by atoms with Crippen molar-refractivity contribution in [3.63, 3.8) is 0 Å². The Bertz CT molecular complexity index is 352. The van der Waals surface area contributed by atoms with Crippen molar-refractivity contribution in [2.24, 2.45) is 0 Å². The van der Waals surface area contributed by atoms with E-state index in [-0.39, 0.29) is 5.69 Å². The van der Waals surface area contributed by atoms with E-state index < -0.39 is 5.97 Å². The van der Waals surface area contributed by atoms with Crippen LogP contribution in [0.2, 0.25) is 0 Å². The van der Waals surface area contributed by atoms with Crippen molar-refractivity contribution in [1.82, 2.24) is 4.98 Å². The van der Waals surface area contributed by atoms with Crippen molar-refractivity contribution >= 4 is 5.97 Å². The van der Waals surface area contributed by atoms with Gasteiger partial charge in [0.15, 0.2) is 0 Å². The summed E-state index contributed by atoms with van der Waals surface area (Å²) in [5, 5.41) is 0. The van der Waals surface area contributed by atoms with Crippen LogP contribution in [0.1, 0.15) is 23.1 Å². The largest absolute Gasteiger partial charge is 0.461 e. The number of esters is 1. The lowest BCUT2D eigenvalue weighted by atomic mass is 10.3. The molecule has 0 saturated heterocycles. The summed E-state index contributed by atoms with van der Waals surface area (Å²) in [5.41, 5.74) is 0.683. The number of rotatable bonds is 2. The molecule has 0 aliphatic carbocycles. The average Bonchev–Trinajstić information content (AvgIpc) is 2.18. The molecule has 0 radical (unpaired) electrons. The predicted octanol–water partition coefficient (Wildman–Crippen LogP) is 1.24. The van der Waals surface area contributed by atoms with Gasteiger partial charge in [-0.25, -0.2) is 9.78 Å². The number of pyridine rings is 1. The lowest BCUT2D eigenvalue weighted by Crippen LogP contribution is -2.07. The molecule has 0 N–H and O–H groups in total. The van der Waals surface area contributed by atoms with Crippen molar-refractivity contribution in [3.8, 4) is 12.3 Å². The minimum absolute atomic E-state index is 0.248. The number of nitrogens with zero attached hydrogens (tertiary/aromatic N) is 1. The highest BCUT2D eigenvalue weighted by Crippen LogP contribution is 2.00. The third-order valence-electron chi connectivity index (χ3n) is 1.38. The Morgan fingerprint density at radius 2 is 2.46 bits per heavy atom. The van der Waals surface area contributed by atoms with Crippen LogP contribution in [0, 0.1) is 12.3 Å². The number of carbonyl (C=O) groups is 1. The van der Waals surface area contributed by atoms with Gasteiger partial charge in [0.1, 0.15) is 11.4 Å². The highest BCUT2D eigenvalue weighted by Gasteiger charge is 2.07. The summed E-state index contributed by atoms with van der Waals surface area (Å²) < 4.78 is 4.76. The first-order chi connectivity index (χ1) is 6.27. The van der Waals surface area contributed by atoms with Crippen molar-refractivity contribution in [2.45, 2.75) is 6.92 Å². The summed E-state index contributed by atoms with van der Waals surface area (Å²) in [7, 11) is 0. The zero-order chi connectivity index (χ0) is 9.68. The van der Waals surface area contributed by atoms with E-state index in [0.717, 1.165) is 0 Å². The molecule has 0 aliphatic heterocycles. The van der Waals surface area contributed by atoms with Crippen molar-refractivity contribution < 1.29 is 9.53 Å². The summed E-state index contributed by atoms with van der Waals surface area (Å²) in [5.74, 6) is 1.90. The van der Waals surface area contributed by atoms with Gasteiger partial charge in [-0.15, -0.1) is 6.42 Å². The molecule has 0 aliphatic rings. The van der Waals surface area contributed by atoms with Crippen molar-refractivity contribution in [1.29, 1.82) is 0 Å². The second kappa shape index (κ2) is 4.27. The Hall–Kier alpha value is -1.82. The van der Waals surface area contributed by atoms with E-state index in [1.807, 2.05) is 0 Å². The molecular weight excluding hydrogens is 166 g/mol. The minimum atomic E-state index is -0.445. The molecule has 3 nitrogen and oxygen atoms in total. The van der Waals surface area contributed by atoms with Crippen molar-refractivity contribution in [3.05, 3.63) is 29.6 Å². The Kier molecular flexibility index (Phi) is 3.04. The highest BCUT2D eigenvalue weighted by atomic mass is 16.5. The van der Waals surface area contributed by atoms with Gasteiger partial charge < -0.3 is 4.74 Å². The van der Waals surface area contributed by atoms with E-state index in [9.17, 15) is 4.79 Å². The third-order valence-corrected chi connectivity index (χ3v) is 1.38. The maximum atomic E-state index is 11.2. The molecule has 0 bridgehead atoms. The Balaban J connectivity index is 2.90. The van der Waals surface area contributed by atoms with Gasteiger partial charge in [-0.05, 0) is 19.1 Å². The lowest BCUT2D eigenvalue weighted by molar-refractivity contribution is 0.0519. The van der Waals surface area contributed by atoms with Gasteiger partial charge in [-0.1, -0.05) is 12.0 Å². The number of aromatic nitrogens is 1. The zero-order valence-corrected chi connectivity index (χ0v) is 7.28. The highest BCUT2D eigenvalue weighted by molar-refractivity contribution is 5.87. The van der Waals surface area contributed by atoms with Gasteiger partial charge in [0.05, 0.1) is 6.61 Å². The fourth-order valence-corrected chi connectivity index (χ4v) is 0.834. The van der Waals surface area contributed by atoms with Crippen molar-refractivity contribution in [2.75, 3.05) is 6.61 Å². The van der Waals surface area contributed by atoms with Crippen LogP contribution >= 0.6 is 0 Å². The summed E-state index contributed by atoms with van der Waals surface area (Å²) in [4.78, 5) is 15.1. The maximum absolute atomic E-state index is 11.2. The van der Waals surface area contributed by atoms with Crippen LogP contribution in [-0.4, -0.2) is 17.6 Å². The van der Waals surface area contributed by atoms with Gasteiger partial charge in [0, 0.05) is 0 Å². The number of hydrogen-bond acceptors (Lipinski definition) is 3. The first-order valence-corrected chi connectivity index (χ1v) is 3.88. The molecule has 0 amide bonds. The van der Waals surface area contributed by atoms with Crippen LogP contribution in [0.5, 0.6) is 0 Å². The Labute approximate surface area is 76.8 Å². The standard InChI is InChI=1S/C10H9NO2/c1-3-8-6-5-7-9(11-8)10(12)13-4-2/h1,5-7H,4H2,2H3. The van der Waals surface area contributed by atoms with E-state index >= 15 is 0 Å². The lowest BCUT2D eigenvalue weighted by Gasteiger charge is -2.00. The fraction of sp³-hybridized carbons (Fsp3) is 0.200. The quantitative estimate of drug-likeness (QED) is 0.501. The van der Waals surface area contributed by atoms with E-state index in [2.05, 4.69) is 10.9 Å². The van der Waals surface area contributed by atoms with Gasteiger partial charge in [0.2, 0.25) is 0 Å². The van der Waals surface area contributed by atoms with E-state index in [1.54, 1.807) is 25.1 Å². The molecule has 0 fully saturated rings. The second-order valence-electron chi connectivity index (χ2n) is 2.27. The third kappa shape index (κ3) is 2.31. The number of hydrogen-bond donors (Lipinski definition) is 0. The summed E-state index contributed by atoms with van der Waals surface area (Å²) in [6.45, 7) is 2.07. The fourth-order valence-electron chi connectivity index (χ4n) is 0.834. The van der Waals surface area contributed by atoms with Crippen LogP contribution in [0.25, 0.3) is 0 Å². The van der Waals surface area contributed by atoms with Gasteiger partial charge >= 0.3 is 5.97 Å². The predicted molar refractivity (Wildman–Crippen MR) is 48.1 cm³/mol. The summed E-state index contributed by atoms with van der Waals surface area (Å²) in [6, 6.07) is 4.90. The molecule has 1 aromatic rings. The smallest absolute Gasteiger partial charge is 0.356 e. The zero-order valence-electron chi connectivity index (χ0n) is 7.28. The SMILES string of the molecule is C#Cc1cccc(C(=O)OCC)n1. The number of terminal acetylenes is 1. The number of carbonyl (C=O) groups excluding carboxylic acids is 1. The monoisotopic (exact) mass is 175 g/mol. The molecule has 1 aromatic heterocycles. The molecule has 0 saturated carbocycles. The Morgan fingerprint density at radius 3 is 3.08 bits per heavy atom. The van der Waals surface area contributed by atoms with Crippen LogP contribution in [-0.2, 0) is 4.74 Å². The Morgan fingerprint density at radius 1 is 1.69 bits per heavy atom. The van der Waals surface area contributed by atoms with E-state index in [4.69, 9.17) is 11.2 Å². The molecule has 1 rings (SSSR count). The summed E-state index contributed by atoms with van der Waals surface area (Å²) in [6.07, 6.45) is 5.13. The normalized spacial score (nSPS) is 8.92. The molecule has 1 heterocycles. The van der Waals surface area contributed by atoms with E-state index in [0.29, 0.717) is 12.3 Å². The first kappa shape index (κ1) is 9.27. The molecule has 3 heteroatoms. The van der Waals surface area contributed by atoms with Crippen LogP contribution < -0.4 is 0 Å². The van der Waals surface area contributed by atoms with Crippen LogP contribution in [0.3, 0.4) is 0 Å².